The number of amides is 1. The number of esters is 1. The van der Waals surface area contributed by atoms with Gasteiger partial charge in [-0.1, -0.05) is 42.1 Å². The minimum atomic E-state index is -0.639. The van der Waals surface area contributed by atoms with Crippen molar-refractivity contribution in [3.05, 3.63) is 35.9 Å². The number of carbonyl (C=O) groups is 2. The van der Waals surface area contributed by atoms with Crippen molar-refractivity contribution >= 4 is 40.4 Å². The van der Waals surface area contributed by atoms with Gasteiger partial charge in [0, 0.05) is 12.5 Å². The molecule has 1 aliphatic carbocycles. The highest BCUT2D eigenvalue weighted by atomic mass is 32.2. The second kappa shape index (κ2) is 8.93. The summed E-state index contributed by atoms with van der Waals surface area (Å²) in [6.45, 7) is 0.565. The van der Waals surface area contributed by atoms with Crippen LogP contribution in [-0.4, -0.2) is 53.4 Å². The Morgan fingerprint density at radius 1 is 1.22 bits per heavy atom. The zero-order chi connectivity index (χ0) is 19.4. The highest BCUT2D eigenvalue weighted by Gasteiger charge is 2.55. The van der Waals surface area contributed by atoms with Crippen LogP contribution < -0.4 is 0 Å². The van der Waals surface area contributed by atoms with Crippen LogP contribution in [0.25, 0.3) is 0 Å². The van der Waals surface area contributed by atoms with Gasteiger partial charge in [-0.2, -0.15) is 0 Å². The molecular weight excluding hydrogens is 386 g/mol. The molecule has 8 heteroatoms. The lowest BCUT2D eigenvalue weighted by atomic mass is 9.93. The molecule has 2 fully saturated rings. The third-order valence-electron chi connectivity index (χ3n) is 5.26. The highest BCUT2D eigenvalue weighted by Crippen LogP contribution is 2.44. The molecule has 0 aromatic heterocycles. The monoisotopic (exact) mass is 409 g/mol. The molecule has 6 nitrogen and oxygen atoms in total. The molecule has 1 saturated heterocycles. The molecule has 0 spiro atoms. The average molecular weight is 410 g/mol. The summed E-state index contributed by atoms with van der Waals surface area (Å²) < 4.78 is 16.8. The minimum absolute atomic E-state index is 0.00335. The van der Waals surface area contributed by atoms with Gasteiger partial charge < -0.3 is 14.2 Å². The fraction of sp³-hybridized carbons (Fsp3) is 0.526. The molecule has 1 unspecified atom stereocenters. The van der Waals surface area contributed by atoms with Crippen LogP contribution in [-0.2, 0) is 25.6 Å². The van der Waals surface area contributed by atoms with Gasteiger partial charge in [0.05, 0.1) is 7.11 Å². The number of hydrogen-bond acceptors (Lipinski definition) is 7. The third kappa shape index (κ3) is 4.38. The molecular formula is C19H23NO5S2. The van der Waals surface area contributed by atoms with Crippen LogP contribution in [0.5, 0.6) is 0 Å². The van der Waals surface area contributed by atoms with E-state index in [0.29, 0.717) is 10.9 Å². The molecule has 0 bridgehead atoms. The van der Waals surface area contributed by atoms with Gasteiger partial charge in [0.2, 0.25) is 4.38 Å². The zero-order valence-corrected chi connectivity index (χ0v) is 17.0. The van der Waals surface area contributed by atoms with Gasteiger partial charge in [0.1, 0.15) is 18.8 Å². The van der Waals surface area contributed by atoms with Crippen molar-refractivity contribution < 1.29 is 23.8 Å². The Hall–Kier alpha value is -1.80. The first kappa shape index (κ1) is 19.9. The van der Waals surface area contributed by atoms with Crippen molar-refractivity contribution in [2.75, 3.05) is 19.9 Å². The number of fused-ring (bicyclic) bond motifs is 1. The molecule has 1 heterocycles. The lowest BCUT2D eigenvalue weighted by Crippen LogP contribution is -2.44. The van der Waals surface area contributed by atoms with E-state index in [9.17, 15) is 9.59 Å². The Balaban J connectivity index is 1.70. The van der Waals surface area contributed by atoms with E-state index in [1.165, 1.54) is 23.8 Å². The summed E-state index contributed by atoms with van der Waals surface area (Å²) in [4.78, 5) is 26.6. The molecule has 1 aromatic rings. The predicted molar refractivity (Wildman–Crippen MR) is 106 cm³/mol. The molecule has 0 radical (unpaired) electrons. The summed E-state index contributed by atoms with van der Waals surface area (Å²) in [5, 5.41) is 0. The maximum absolute atomic E-state index is 12.7. The molecule has 4 atom stereocenters. The molecule has 2 aliphatic rings. The number of likely N-dealkylation sites (tertiary alicyclic amines) is 1. The van der Waals surface area contributed by atoms with Gasteiger partial charge in [0.15, 0.2) is 0 Å². The Labute approximate surface area is 168 Å². The molecule has 1 amide bonds. The van der Waals surface area contributed by atoms with Crippen molar-refractivity contribution in [3.8, 4) is 0 Å². The van der Waals surface area contributed by atoms with Gasteiger partial charge in [-0.3, -0.25) is 4.90 Å². The van der Waals surface area contributed by atoms with Gasteiger partial charge in [-0.25, -0.2) is 9.59 Å². The molecule has 1 aliphatic heterocycles. The first-order valence-corrected chi connectivity index (χ1v) is 10.5. The SMILES string of the molecule is COC(=O)[C@@H]1[C@H]2CCC(OC(=S)SC)[C@H]2CN1C(=O)OCc1ccccc1. The quantitative estimate of drug-likeness (QED) is 0.559. The van der Waals surface area contributed by atoms with Crippen molar-refractivity contribution in [1.29, 1.82) is 0 Å². The lowest BCUT2D eigenvalue weighted by molar-refractivity contribution is -0.146. The van der Waals surface area contributed by atoms with Crippen LogP contribution in [0, 0.1) is 11.8 Å². The normalized spacial score (nSPS) is 26.4. The molecule has 1 saturated carbocycles. The minimum Gasteiger partial charge on any atom is -0.475 e. The number of rotatable bonds is 4. The maximum atomic E-state index is 12.7. The van der Waals surface area contributed by atoms with Crippen LogP contribution >= 0.6 is 24.0 Å². The first-order valence-electron chi connectivity index (χ1n) is 8.85. The zero-order valence-electron chi connectivity index (χ0n) is 15.3. The molecule has 3 rings (SSSR count). The van der Waals surface area contributed by atoms with E-state index in [1.54, 1.807) is 0 Å². The highest BCUT2D eigenvalue weighted by molar-refractivity contribution is 8.22. The molecule has 27 heavy (non-hydrogen) atoms. The number of ether oxygens (including phenoxy) is 3. The van der Waals surface area contributed by atoms with Crippen LogP contribution in [0.3, 0.4) is 0 Å². The molecule has 0 N–H and O–H groups in total. The number of methoxy groups -OCH3 is 1. The van der Waals surface area contributed by atoms with E-state index in [1.807, 2.05) is 36.6 Å². The van der Waals surface area contributed by atoms with E-state index in [0.717, 1.165) is 18.4 Å². The number of benzene rings is 1. The van der Waals surface area contributed by atoms with Gasteiger partial charge >= 0.3 is 12.1 Å². The number of thiocarbonyl (C=S) groups is 1. The topological polar surface area (TPSA) is 65.1 Å². The van der Waals surface area contributed by atoms with E-state index in [2.05, 4.69) is 0 Å². The van der Waals surface area contributed by atoms with Crippen LogP contribution in [0.15, 0.2) is 30.3 Å². The van der Waals surface area contributed by atoms with Crippen LogP contribution in [0.4, 0.5) is 4.79 Å². The van der Waals surface area contributed by atoms with Crippen LogP contribution in [0.1, 0.15) is 18.4 Å². The standard InChI is InChI=1S/C19H23NO5S2/c1-23-17(21)16-13-8-9-15(25-19(26)27-2)14(13)10-20(16)18(22)24-11-12-6-4-3-5-7-12/h3-7,13-16H,8-11H2,1-2H3/t13-,14-,15?,16-/m0/s1. The summed E-state index contributed by atoms with van der Waals surface area (Å²) in [6.07, 6.45) is 2.88. The third-order valence-corrected chi connectivity index (χ3v) is 6.28. The fourth-order valence-corrected chi connectivity index (χ4v) is 4.35. The van der Waals surface area contributed by atoms with Crippen molar-refractivity contribution in [2.45, 2.75) is 31.6 Å². The summed E-state index contributed by atoms with van der Waals surface area (Å²) in [6, 6.07) is 8.81. The molecule has 146 valence electrons. The Morgan fingerprint density at radius 2 is 1.96 bits per heavy atom. The Bertz CT molecular complexity index is 699. The summed E-state index contributed by atoms with van der Waals surface area (Å²) in [7, 11) is 1.34. The van der Waals surface area contributed by atoms with Crippen molar-refractivity contribution in [3.63, 3.8) is 0 Å². The largest absolute Gasteiger partial charge is 0.475 e. The van der Waals surface area contributed by atoms with Gasteiger partial charge in [0.25, 0.3) is 0 Å². The van der Waals surface area contributed by atoms with Crippen LogP contribution in [0.2, 0.25) is 0 Å². The van der Waals surface area contributed by atoms with Crippen molar-refractivity contribution in [1.82, 2.24) is 4.90 Å². The molecule has 1 aromatic carbocycles. The second-order valence-electron chi connectivity index (χ2n) is 6.68. The van der Waals surface area contributed by atoms with E-state index >= 15 is 0 Å². The summed E-state index contributed by atoms with van der Waals surface area (Å²) in [5.41, 5.74) is 0.895. The van der Waals surface area contributed by atoms with E-state index in [-0.39, 0.29) is 24.5 Å². The maximum Gasteiger partial charge on any atom is 0.410 e. The van der Waals surface area contributed by atoms with Gasteiger partial charge in [-0.15, -0.1) is 0 Å². The number of hydrogen-bond donors (Lipinski definition) is 0. The second-order valence-corrected chi connectivity index (χ2v) is 8.08. The van der Waals surface area contributed by atoms with E-state index < -0.39 is 18.1 Å². The first-order chi connectivity index (χ1) is 13.0. The number of thioether (sulfide) groups is 1. The average Bonchev–Trinajstić information content (AvgIpc) is 3.26. The fourth-order valence-electron chi connectivity index (χ4n) is 4.01. The summed E-state index contributed by atoms with van der Waals surface area (Å²) in [5.74, 6) is -0.368. The smallest absolute Gasteiger partial charge is 0.410 e. The Morgan fingerprint density at radius 3 is 2.63 bits per heavy atom. The van der Waals surface area contributed by atoms with Gasteiger partial charge in [-0.05, 0) is 42.8 Å². The van der Waals surface area contributed by atoms with E-state index in [4.69, 9.17) is 26.4 Å². The Kier molecular flexibility index (Phi) is 6.59. The number of carbonyl (C=O) groups excluding carboxylic acids is 2. The predicted octanol–water partition coefficient (Wildman–Crippen LogP) is 3.24. The summed E-state index contributed by atoms with van der Waals surface area (Å²) >= 11 is 6.56. The number of nitrogens with zero attached hydrogens (tertiary/aromatic N) is 1. The van der Waals surface area contributed by atoms with Crippen molar-refractivity contribution in [2.24, 2.45) is 11.8 Å². The lowest BCUT2D eigenvalue weighted by Gasteiger charge is -2.25.